The zero-order valence-electron chi connectivity index (χ0n) is 35.8. The van der Waals surface area contributed by atoms with Gasteiger partial charge in [0.2, 0.25) is 0 Å². The normalized spacial score (nSPS) is 11.9. The Morgan fingerprint density at radius 2 is 0.909 bits per heavy atom. The van der Waals surface area contributed by atoms with E-state index in [0.717, 1.165) is 39.5 Å². The molecule has 4 heteroatoms. The fourth-order valence-corrected chi connectivity index (χ4v) is 11.8. The summed E-state index contributed by atoms with van der Waals surface area (Å²) in [6, 6.07) is 87.2. The van der Waals surface area contributed by atoms with E-state index >= 15 is 0 Å². The molecule has 0 amide bonds. The van der Waals surface area contributed by atoms with Crippen molar-refractivity contribution in [2.45, 2.75) is 0 Å². The standard InChI is InChI=1S/C62H39N3S/c1-3-16-44(17-4-1)63(47-31-33-53-52-23-11-14-26-60(52)66-61(53)39-47)59-38-43(37-55-51-22-10-13-25-57(51)65(62(55)59)45-18-5-2-6-19-45)41-29-34-58-54(36-41)50-21-9-12-24-56(50)64(58)46-30-32-49-42(35-46)28-27-40-15-7-8-20-48(40)49/h1-39H. The molecule has 0 radical (unpaired) electrons. The molecule has 0 bridgehead atoms. The Kier molecular flexibility index (Phi) is 8.15. The largest absolute Gasteiger partial charge is 0.309 e. The molecule has 0 spiro atoms. The number of benzene rings is 11. The minimum atomic E-state index is 1.10. The van der Waals surface area contributed by atoms with Crippen LogP contribution in [0.1, 0.15) is 0 Å². The van der Waals surface area contributed by atoms with Crippen LogP contribution in [0.4, 0.5) is 17.1 Å². The summed E-state index contributed by atoms with van der Waals surface area (Å²) >= 11 is 1.86. The van der Waals surface area contributed by atoms with Crippen LogP contribution >= 0.6 is 11.3 Å². The van der Waals surface area contributed by atoms with Gasteiger partial charge in [0.05, 0.1) is 27.8 Å². The smallest absolute Gasteiger partial charge is 0.0782 e. The number of thiophene rings is 1. The Hall–Kier alpha value is -8.44. The van der Waals surface area contributed by atoms with Gasteiger partial charge in [0.15, 0.2) is 0 Å². The van der Waals surface area contributed by atoms with Crippen LogP contribution in [0.3, 0.4) is 0 Å². The Morgan fingerprint density at radius 1 is 0.303 bits per heavy atom. The quantitative estimate of drug-likeness (QED) is 0.152. The second kappa shape index (κ2) is 14.5. The van der Waals surface area contributed by atoms with Gasteiger partial charge in [-0.1, -0.05) is 146 Å². The molecule has 3 nitrogen and oxygen atoms in total. The predicted octanol–water partition coefficient (Wildman–Crippen LogP) is 17.7. The molecule has 0 N–H and O–H groups in total. The van der Waals surface area contributed by atoms with E-state index in [0.29, 0.717) is 0 Å². The summed E-state index contributed by atoms with van der Waals surface area (Å²) in [5.74, 6) is 0. The summed E-state index contributed by atoms with van der Waals surface area (Å²) in [5, 5.41) is 12.5. The Bertz CT molecular complexity index is 4230. The minimum Gasteiger partial charge on any atom is -0.309 e. The Balaban J connectivity index is 1.03. The molecule has 11 aromatic carbocycles. The maximum atomic E-state index is 2.47. The number of hydrogen-bond donors (Lipinski definition) is 0. The van der Waals surface area contributed by atoms with E-state index in [1.807, 2.05) is 11.3 Å². The van der Waals surface area contributed by atoms with Gasteiger partial charge in [-0.05, 0) is 124 Å². The van der Waals surface area contributed by atoms with E-state index in [9.17, 15) is 0 Å². The van der Waals surface area contributed by atoms with Crippen LogP contribution < -0.4 is 4.90 Å². The van der Waals surface area contributed by atoms with E-state index in [1.54, 1.807) is 0 Å². The summed E-state index contributed by atoms with van der Waals surface area (Å²) in [6.45, 7) is 0. The molecule has 0 atom stereocenters. The molecule has 0 aliphatic heterocycles. The average Bonchev–Trinajstić information content (AvgIpc) is 4.04. The van der Waals surface area contributed by atoms with Gasteiger partial charge in [-0.3, -0.25) is 0 Å². The lowest BCUT2D eigenvalue weighted by atomic mass is 9.98. The van der Waals surface area contributed by atoms with Gasteiger partial charge >= 0.3 is 0 Å². The first-order chi connectivity index (χ1) is 32.7. The van der Waals surface area contributed by atoms with Gasteiger partial charge in [0.1, 0.15) is 0 Å². The molecule has 3 heterocycles. The topological polar surface area (TPSA) is 13.1 Å². The van der Waals surface area contributed by atoms with Crippen molar-refractivity contribution in [1.82, 2.24) is 9.13 Å². The van der Waals surface area contributed by atoms with E-state index < -0.39 is 0 Å². The van der Waals surface area contributed by atoms with Crippen molar-refractivity contribution in [3.63, 3.8) is 0 Å². The molecule has 0 aliphatic carbocycles. The lowest BCUT2D eigenvalue weighted by molar-refractivity contribution is 1.17. The Labute approximate surface area is 384 Å². The highest BCUT2D eigenvalue weighted by Crippen LogP contribution is 2.48. The molecule has 0 saturated carbocycles. The molecular weight excluding hydrogens is 819 g/mol. The van der Waals surface area contributed by atoms with Crippen LogP contribution in [0.15, 0.2) is 237 Å². The van der Waals surface area contributed by atoms with Crippen LogP contribution in [0.25, 0.3) is 108 Å². The Morgan fingerprint density at radius 3 is 1.74 bits per heavy atom. The van der Waals surface area contributed by atoms with E-state index in [2.05, 4.69) is 251 Å². The lowest BCUT2D eigenvalue weighted by Gasteiger charge is -2.28. The molecule has 0 aliphatic rings. The van der Waals surface area contributed by atoms with Crippen LogP contribution in [0, 0.1) is 0 Å². The van der Waals surface area contributed by atoms with Crippen molar-refractivity contribution in [3.05, 3.63) is 237 Å². The molecule has 14 rings (SSSR count). The van der Waals surface area contributed by atoms with Gasteiger partial charge < -0.3 is 14.0 Å². The summed E-state index contributed by atoms with van der Waals surface area (Å²) in [5.41, 5.74) is 12.7. The first-order valence-electron chi connectivity index (χ1n) is 22.6. The minimum absolute atomic E-state index is 1.10. The molecule has 3 aromatic heterocycles. The maximum absolute atomic E-state index is 2.47. The van der Waals surface area contributed by atoms with Crippen molar-refractivity contribution in [2.24, 2.45) is 0 Å². The van der Waals surface area contributed by atoms with Crippen molar-refractivity contribution < 1.29 is 0 Å². The molecule has 308 valence electrons. The summed E-state index contributed by atoms with van der Waals surface area (Å²) < 4.78 is 7.47. The van der Waals surface area contributed by atoms with Gasteiger partial charge in [0.25, 0.3) is 0 Å². The second-order valence-electron chi connectivity index (χ2n) is 17.3. The van der Waals surface area contributed by atoms with E-state index in [-0.39, 0.29) is 0 Å². The average molecular weight is 858 g/mol. The lowest BCUT2D eigenvalue weighted by Crippen LogP contribution is -2.12. The van der Waals surface area contributed by atoms with Gasteiger partial charge in [-0.2, -0.15) is 0 Å². The highest BCUT2D eigenvalue weighted by atomic mass is 32.1. The SMILES string of the molecule is c1ccc(N(c2ccc3c(c2)sc2ccccc23)c2cc(-c3ccc4c(c3)c3ccccc3n4-c3ccc4c(ccc5ccccc54)c3)cc3c4ccccc4n(-c4ccccc4)c23)cc1. The van der Waals surface area contributed by atoms with Gasteiger partial charge in [-0.25, -0.2) is 0 Å². The van der Waals surface area contributed by atoms with E-state index in [1.165, 1.54) is 85.4 Å². The first kappa shape index (κ1) is 37.0. The number of hydrogen-bond acceptors (Lipinski definition) is 2. The zero-order valence-corrected chi connectivity index (χ0v) is 36.6. The molecule has 14 aromatic rings. The van der Waals surface area contributed by atoms with Crippen LogP contribution in [0.5, 0.6) is 0 Å². The van der Waals surface area contributed by atoms with Crippen LogP contribution in [0.2, 0.25) is 0 Å². The third-order valence-electron chi connectivity index (χ3n) is 13.6. The molecule has 66 heavy (non-hydrogen) atoms. The van der Waals surface area contributed by atoms with Crippen molar-refractivity contribution >= 4 is 114 Å². The zero-order chi connectivity index (χ0) is 43.3. The second-order valence-corrected chi connectivity index (χ2v) is 18.4. The number of fused-ring (bicyclic) bond motifs is 12. The number of anilines is 3. The van der Waals surface area contributed by atoms with E-state index in [4.69, 9.17) is 0 Å². The highest BCUT2D eigenvalue weighted by molar-refractivity contribution is 7.25. The van der Waals surface area contributed by atoms with Crippen LogP contribution in [-0.4, -0.2) is 9.13 Å². The van der Waals surface area contributed by atoms with Crippen molar-refractivity contribution in [1.29, 1.82) is 0 Å². The molecular formula is C62H39N3S. The number of aromatic nitrogens is 2. The predicted molar refractivity (Wildman–Crippen MR) is 283 cm³/mol. The van der Waals surface area contributed by atoms with Gasteiger partial charge in [-0.15, -0.1) is 11.3 Å². The fourth-order valence-electron chi connectivity index (χ4n) is 10.7. The van der Waals surface area contributed by atoms with Crippen molar-refractivity contribution in [3.8, 4) is 22.5 Å². The summed E-state index contributed by atoms with van der Waals surface area (Å²) in [6.07, 6.45) is 0. The van der Waals surface area contributed by atoms with Crippen LogP contribution in [-0.2, 0) is 0 Å². The maximum Gasteiger partial charge on any atom is 0.0782 e. The number of para-hydroxylation sites is 4. The fraction of sp³-hybridized carbons (Fsp3) is 0. The monoisotopic (exact) mass is 857 g/mol. The molecule has 0 unspecified atom stereocenters. The third kappa shape index (κ3) is 5.62. The summed E-state index contributed by atoms with van der Waals surface area (Å²) in [7, 11) is 0. The summed E-state index contributed by atoms with van der Waals surface area (Å²) in [4.78, 5) is 2.47. The van der Waals surface area contributed by atoms with Crippen molar-refractivity contribution in [2.75, 3.05) is 4.90 Å². The molecule has 0 fully saturated rings. The first-order valence-corrected chi connectivity index (χ1v) is 23.4. The highest BCUT2D eigenvalue weighted by Gasteiger charge is 2.24. The molecule has 0 saturated heterocycles. The number of nitrogens with zero attached hydrogens (tertiary/aromatic N) is 3. The van der Waals surface area contributed by atoms with Gasteiger partial charge in [0, 0.05) is 64.5 Å². The number of rotatable bonds is 6. The third-order valence-corrected chi connectivity index (χ3v) is 14.8.